The Morgan fingerprint density at radius 1 is 1.41 bits per heavy atom. The normalized spacial score (nSPS) is 18.3. The smallest absolute Gasteiger partial charge is 0.410 e. The van der Waals surface area contributed by atoms with Gasteiger partial charge < -0.3 is 14.7 Å². The molecule has 3 rings (SSSR count). The third kappa shape index (κ3) is 3.27. The highest BCUT2D eigenvalue weighted by Gasteiger charge is 2.31. The van der Waals surface area contributed by atoms with Crippen molar-refractivity contribution in [3.8, 4) is 0 Å². The van der Waals surface area contributed by atoms with Gasteiger partial charge in [0.05, 0.1) is 18.8 Å². The fourth-order valence-corrected chi connectivity index (χ4v) is 2.87. The molecular formula is C16H25N3O3. The first kappa shape index (κ1) is 15.3. The van der Waals surface area contributed by atoms with Crippen LogP contribution in [-0.2, 0) is 30.9 Å². The van der Waals surface area contributed by atoms with Crippen LogP contribution in [0.2, 0.25) is 0 Å². The van der Waals surface area contributed by atoms with Gasteiger partial charge in [-0.3, -0.25) is 4.68 Å². The fourth-order valence-electron chi connectivity index (χ4n) is 2.87. The van der Waals surface area contributed by atoms with Crippen molar-refractivity contribution in [2.75, 3.05) is 6.54 Å². The summed E-state index contributed by atoms with van der Waals surface area (Å²) in [5, 5.41) is 14.1. The standard InChI is InChI=1S/C16H25N3O3/c1-16(2,3)22-15(21)18-7-6-14-12(9-18)13(10-20)17-19(14)8-11-4-5-11/h11,20H,4-10H2,1-3H3. The molecular weight excluding hydrogens is 282 g/mol. The molecule has 0 saturated heterocycles. The minimum absolute atomic E-state index is 0.0812. The van der Waals surface area contributed by atoms with E-state index in [0.29, 0.717) is 18.8 Å². The van der Waals surface area contributed by atoms with Gasteiger partial charge in [0.25, 0.3) is 0 Å². The van der Waals surface area contributed by atoms with E-state index in [9.17, 15) is 9.90 Å². The van der Waals surface area contributed by atoms with Crippen LogP contribution >= 0.6 is 0 Å². The molecule has 0 unspecified atom stereocenters. The van der Waals surface area contributed by atoms with Gasteiger partial charge >= 0.3 is 6.09 Å². The third-order valence-electron chi connectivity index (χ3n) is 4.15. The number of hydrogen-bond donors (Lipinski definition) is 1. The first-order valence-corrected chi connectivity index (χ1v) is 8.03. The molecule has 1 aliphatic heterocycles. The number of rotatable bonds is 3. The molecule has 1 aromatic heterocycles. The lowest BCUT2D eigenvalue weighted by molar-refractivity contribution is 0.0221. The number of carbonyl (C=O) groups is 1. The van der Waals surface area contributed by atoms with Crippen molar-refractivity contribution in [1.82, 2.24) is 14.7 Å². The number of aliphatic hydroxyl groups excluding tert-OH is 1. The molecule has 2 aliphatic rings. The zero-order valence-electron chi connectivity index (χ0n) is 13.6. The van der Waals surface area contributed by atoms with Crippen molar-refractivity contribution in [1.29, 1.82) is 0 Å². The number of amides is 1. The Morgan fingerprint density at radius 2 is 2.14 bits per heavy atom. The van der Waals surface area contributed by atoms with E-state index in [-0.39, 0.29) is 12.7 Å². The van der Waals surface area contributed by atoms with E-state index in [0.717, 1.165) is 24.4 Å². The van der Waals surface area contributed by atoms with Gasteiger partial charge in [-0.2, -0.15) is 5.10 Å². The first-order chi connectivity index (χ1) is 10.4. The van der Waals surface area contributed by atoms with Gasteiger partial charge in [0.15, 0.2) is 0 Å². The number of aliphatic hydroxyl groups is 1. The first-order valence-electron chi connectivity index (χ1n) is 8.03. The number of aromatic nitrogens is 2. The molecule has 1 aliphatic carbocycles. The van der Waals surface area contributed by atoms with Gasteiger partial charge in [-0.05, 0) is 39.5 Å². The maximum absolute atomic E-state index is 12.2. The summed E-state index contributed by atoms with van der Waals surface area (Å²) >= 11 is 0. The number of hydrogen-bond acceptors (Lipinski definition) is 4. The summed E-state index contributed by atoms with van der Waals surface area (Å²) in [6.07, 6.45) is 3.02. The van der Waals surface area contributed by atoms with Crippen LogP contribution in [0.3, 0.4) is 0 Å². The fraction of sp³-hybridized carbons (Fsp3) is 0.750. The van der Waals surface area contributed by atoms with Crippen molar-refractivity contribution in [3.05, 3.63) is 17.0 Å². The van der Waals surface area contributed by atoms with Gasteiger partial charge in [0.1, 0.15) is 5.60 Å². The second-order valence-corrected chi connectivity index (χ2v) is 7.31. The Kier molecular flexibility index (Phi) is 3.89. The monoisotopic (exact) mass is 307 g/mol. The van der Waals surface area contributed by atoms with E-state index >= 15 is 0 Å². The predicted octanol–water partition coefficient (Wildman–Crippen LogP) is 2.08. The summed E-state index contributed by atoms with van der Waals surface area (Å²) in [6, 6.07) is 0. The van der Waals surface area contributed by atoms with Gasteiger partial charge in [-0.1, -0.05) is 0 Å². The lowest BCUT2D eigenvalue weighted by Gasteiger charge is -2.30. The Balaban J connectivity index is 1.76. The van der Waals surface area contributed by atoms with Gasteiger partial charge in [0, 0.05) is 30.8 Å². The van der Waals surface area contributed by atoms with E-state index in [1.165, 1.54) is 18.5 Å². The maximum atomic E-state index is 12.2. The number of ether oxygens (including phenoxy) is 1. The van der Waals surface area contributed by atoms with E-state index in [2.05, 4.69) is 5.10 Å². The molecule has 1 N–H and O–H groups in total. The topological polar surface area (TPSA) is 67.6 Å². The van der Waals surface area contributed by atoms with Gasteiger partial charge in [-0.15, -0.1) is 0 Å². The molecule has 0 atom stereocenters. The van der Waals surface area contributed by atoms with Crippen LogP contribution < -0.4 is 0 Å². The predicted molar refractivity (Wildman–Crippen MR) is 81.2 cm³/mol. The summed E-state index contributed by atoms with van der Waals surface area (Å²) < 4.78 is 7.49. The van der Waals surface area contributed by atoms with E-state index in [1.807, 2.05) is 25.5 Å². The Morgan fingerprint density at radius 3 is 2.73 bits per heavy atom. The molecule has 122 valence electrons. The van der Waals surface area contributed by atoms with Gasteiger partial charge in [-0.25, -0.2) is 4.79 Å². The highest BCUT2D eigenvalue weighted by Crippen LogP contribution is 2.32. The van der Waals surface area contributed by atoms with Crippen LogP contribution in [0.25, 0.3) is 0 Å². The van der Waals surface area contributed by atoms with E-state index < -0.39 is 5.60 Å². The highest BCUT2D eigenvalue weighted by molar-refractivity contribution is 5.68. The summed E-state index contributed by atoms with van der Waals surface area (Å²) in [6.45, 7) is 7.58. The Hall–Kier alpha value is -1.56. The molecule has 1 saturated carbocycles. The highest BCUT2D eigenvalue weighted by atomic mass is 16.6. The molecule has 0 aromatic carbocycles. The molecule has 2 heterocycles. The third-order valence-corrected chi connectivity index (χ3v) is 4.15. The number of carbonyl (C=O) groups excluding carboxylic acids is 1. The number of nitrogens with zero attached hydrogens (tertiary/aromatic N) is 3. The average Bonchev–Trinajstić information content (AvgIpc) is 3.18. The molecule has 6 nitrogen and oxygen atoms in total. The summed E-state index contributed by atoms with van der Waals surface area (Å²) in [7, 11) is 0. The van der Waals surface area contributed by atoms with Crippen molar-refractivity contribution in [3.63, 3.8) is 0 Å². The van der Waals surface area contributed by atoms with Crippen molar-refractivity contribution >= 4 is 6.09 Å². The van der Waals surface area contributed by atoms with Crippen LogP contribution in [0, 0.1) is 5.92 Å². The summed E-state index contributed by atoms with van der Waals surface area (Å²) in [5.74, 6) is 0.736. The molecule has 6 heteroatoms. The zero-order valence-corrected chi connectivity index (χ0v) is 13.6. The van der Waals surface area contributed by atoms with Crippen molar-refractivity contribution in [2.45, 2.75) is 65.3 Å². The van der Waals surface area contributed by atoms with Gasteiger partial charge in [0.2, 0.25) is 0 Å². The SMILES string of the molecule is CC(C)(C)OC(=O)N1CCc2c(c(CO)nn2CC2CC2)C1. The molecule has 22 heavy (non-hydrogen) atoms. The zero-order chi connectivity index (χ0) is 15.9. The van der Waals surface area contributed by atoms with Crippen LogP contribution in [0.1, 0.15) is 50.6 Å². The van der Waals surface area contributed by atoms with E-state index in [4.69, 9.17) is 4.74 Å². The second kappa shape index (κ2) is 5.57. The minimum Gasteiger partial charge on any atom is -0.444 e. The van der Waals surface area contributed by atoms with Crippen molar-refractivity contribution < 1.29 is 14.6 Å². The molecule has 0 spiro atoms. The Bertz CT molecular complexity index is 570. The average molecular weight is 307 g/mol. The lowest BCUT2D eigenvalue weighted by Crippen LogP contribution is -2.40. The quantitative estimate of drug-likeness (QED) is 0.928. The van der Waals surface area contributed by atoms with E-state index in [1.54, 1.807) is 4.90 Å². The van der Waals surface area contributed by atoms with Crippen LogP contribution in [0.15, 0.2) is 0 Å². The molecule has 0 bridgehead atoms. The maximum Gasteiger partial charge on any atom is 0.410 e. The molecule has 1 aromatic rings. The summed E-state index contributed by atoms with van der Waals surface area (Å²) in [5.41, 5.74) is 2.38. The number of fused-ring (bicyclic) bond motifs is 1. The van der Waals surface area contributed by atoms with Crippen molar-refractivity contribution in [2.24, 2.45) is 5.92 Å². The lowest BCUT2D eigenvalue weighted by atomic mass is 10.1. The summed E-state index contributed by atoms with van der Waals surface area (Å²) in [4.78, 5) is 13.9. The Labute approximate surface area is 131 Å². The largest absolute Gasteiger partial charge is 0.444 e. The minimum atomic E-state index is -0.493. The second-order valence-electron chi connectivity index (χ2n) is 7.31. The van der Waals surface area contributed by atoms with Crippen LogP contribution in [-0.4, -0.2) is 38.0 Å². The molecule has 0 radical (unpaired) electrons. The van der Waals surface area contributed by atoms with Crippen LogP contribution in [0.5, 0.6) is 0 Å². The molecule has 1 amide bonds. The van der Waals surface area contributed by atoms with Crippen LogP contribution in [0.4, 0.5) is 4.79 Å². The molecule has 1 fully saturated rings.